The van der Waals surface area contributed by atoms with E-state index in [2.05, 4.69) is 29.2 Å². The summed E-state index contributed by atoms with van der Waals surface area (Å²) in [6.07, 6.45) is 2.00. The van der Waals surface area contributed by atoms with Crippen molar-refractivity contribution in [2.75, 3.05) is 32.8 Å². The third-order valence-corrected chi connectivity index (χ3v) is 6.41. The molecule has 0 bridgehead atoms. The number of halogens is 1. The molecule has 0 saturated carbocycles. The Balaban J connectivity index is 1.50. The first-order chi connectivity index (χ1) is 14.2. The second-order valence-corrected chi connectivity index (χ2v) is 8.35. The minimum absolute atomic E-state index is 0.0474. The highest BCUT2D eigenvalue weighted by molar-refractivity contribution is 6.30. The van der Waals surface area contributed by atoms with Crippen molar-refractivity contribution < 1.29 is 9.53 Å². The number of nitrogens with zero attached hydrogens (tertiary/aromatic N) is 3. The van der Waals surface area contributed by atoms with Crippen LogP contribution in [-0.4, -0.2) is 54.4 Å². The van der Waals surface area contributed by atoms with Crippen molar-refractivity contribution in [1.29, 1.82) is 0 Å². The molecule has 29 heavy (non-hydrogen) atoms. The zero-order valence-electron chi connectivity index (χ0n) is 16.3. The number of hydrazone groups is 1. The van der Waals surface area contributed by atoms with Gasteiger partial charge in [-0.15, -0.1) is 0 Å². The number of aryl methyl sites for hydroxylation is 1. The van der Waals surface area contributed by atoms with Gasteiger partial charge in [-0.25, -0.2) is 5.01 Å². The zero-order chi connectivity index (χ0) is 19.8. The van der Waals surface area contributed by atoms with Crippen LogP contribution in [0.25, 0.3) is 0 Å². The maximum absolute atomic E-state index is 13.3. The third-order valence-electron chi connectivity index (χ3n) is 6.16. The summed E-state index contributed by atoms with van der Waals surface area (Å²) in [5.74, 6) is 0.256. The normalized spacial score (nSPS) is 24.0. The summed E-state index contributed by atoms with van der Waals surface area (Å²) in [6.45, 7) is 3.30. The molecule has 2 aromatic rings. The monoisotopic (exact) mass is 409 g/mol. The lowest BCUT2D eigenvalue weighted by Gasteiger charge is -2.31. The molecule has 0 N–H and O–H groups in total. The first kappa shape index (κ1) is 18.8. The Morgan fingerprint density at radius 3 is 2.66 bits per heavy atom. The largest absolute Gasteiger partial charge is 0.379 e. The van der Waals surface area contributed by atoms with E-state index in [4.69, 9.17) is 21.4 Å². The molecular formula is C23H24ClN3O2. The van der Waals surface area contributed by atoms with Crippen LogP contribution in [-0.2, 0) is 16.0 Å². The molecule has 5 rings (SSSR count). The van der Waals surface area contributed by atoms with Gasteiger partial charge < -0.3 is 4.74 Å². The minimum Gasteiger partial charge on any atom is -0.379 e. The summed E-state index contributed by atoms with van der Waals surface area (Å²) in [5, 5.41) is 7.35. The fourth-order valence-electron chi connectivity index (χ4n) is 4.69. The standard InChI is InChI=1S/C23H24ClN3O2/c24-18-8-5-17(6-9-18)23-20-10-7-16-3-1-2-4-19(16)22(20)25-27(23)21(28)15-26-11-13-29-14-12-26/h1-6,8-9,20,23H,7,10-15H2/t20-,23+/m1/s1. The summed E-state index contributed by atoms with van der Waals surface area (Å²) in [4.78, 5) is 15.5. The van der Waals surface area contributed by atoms with Crippen molar-refractivity contribution in [2.45, 2.75) is 18.9 Å². The van der Waals surface area contributed by atoms with E-state index < -0.39 is 0 Å². The lowest BCUT2D eigenvalue weighted by Crippen LogP contribution is -2.44. The molecule has 150 valence electrons. The summed E-state index contributed by atoms with van der Waals surface area (Å²) in [6, 6.07) is 16.2. The van der Waals surface area contributed by atoms with Gasteiger partial charge in [0.2, 0.25) is 0 Å². The summed E-state index contributed by atoms with van der Waals surface area (Å²) >= 11 is 6.12. The van der Waals surface area contributed by atoms with Crippen LogP contribution < -0.4 is 0 Å². The summed E-state index contributed by atoms with van der Waals surface area (Å²) in [5.41, 5.74) is 4.64. The molecule has 1 aliphatic carbocycles. The summed E-state index contributed by atoms with van der Waals surface area (Å²) in [7, 11) is 0. The number of benzene rings is 2. The van der Waals surface area contributed by atoms with Crippen LogP contribution in [0.3, 0.4) is 0 Å². The maximum atomic E-state index is 13.3. The van der Waals surface area contributed by atoms with E-state index in [1.807, 2.05) is 24.3 Å². The Hall–Kier alpha value is -2.21. The van der Waals surface area contributed by atoms with Gasteiger partial charge in [0, 0.05) is 29.6 Å². The summed E-state index contributed by atoms with van der Waals surface area (Å²) < 4.78 is 5.42. The number of morpholine rings is 1. The van der Waals surface area contributed by atoms with Gasteiger partial charge in [-0.05, 0) is 36.1 Å². The fraction of sp³-hybridized carbons (Fsp3) is 0.391. The number of fused-ring (bicyclic) bond motifs is 3. The molecule has 1 fully saturated rings. The maximum Gasteiger partial charge on any atom is 0.257 e. The van der Waals surface area contributed by atoms with Gasteiger partial charge in [0.25, 0.3) is 5.91 Å². The predicted molar refractivity (Wildman–Crippen MR) is 113 cm³/mol. The van der Waals surface area contributed by atoms with Gasteiger partial charge in [-0.1, -0.05) is 48.0 Å². The molecule has 5 nitrogen and oxygen atoms in total. The Kier molecular flexibility index (Phi) is 5.12. The van der Waals surface area contributed by atoms with Crippen LogP contribution in [0.5, 0.6) is 0 Å². The van der Waals surface area contributed by atoms with Crippen molar-refractivity contribution in [2.24, 2.45) is 11.0 Å². The van der Waals surface area contributed by atoms with Crippen LogP contribution in [0.15, 0.2) is 53.6 Å². The van der Waals surface area contributed by atoms with Crippen molar-refractivity contribution in [3.63, 3.8) is 0 Å². The van der Waals surface area contributed by atoms with Crippen LogP contribution >= 0.6 is 11.6 Å². The van der Waals surface area contributed by atoms with Gasteiger partial charge in [0.15, 0.2) is 0 Å². The highest BCUT2D eigenvalue weighted by Crippen LogP contribution is 2.43. The van der Waals surface area contributed by atoms with Gasteiger partial charge in [-0.3, -0.25) is 9.69 Å². The van der Waals surface area contributed by atoms with E-state index in [-0.39, 0.29) is 17.9 Å². The average molecular weight is 410 g/mol. The zero-order valence-corrected chi connectivity index (χ0v) is 17.0. The molecule has 2 heterocycles. The smallest absolute Gasteiger partial charge is 0.257 e. The Morgan fingerprint density at radius 1 is 1.10 bits per heavy atom. The van der Waals surface area contributed by atoms with Crippen LogP contribution in [0, 0.1) is 5.92 Å². The number of amides is 1. The number of carbonyl (C=O) groups excluding carboxylic acids is 1. The average Bonchev–Trinajstić information content (AvgIpc) is 3.15. The predicted octanol–water partition coefficient (Wildman–Crippen LogP) is 3.52. The molecule has 2 aromatic carbocycles. The van der Waals surface area contributed by atoms with E-state index in [0.29, 0.717) is 24.8 Å². The van der Waals surface area contributed by atoms with Crippen LogP contribution in [0.1, 0.15) is 29.2 Å². The highest BCUT2D eigenvalue weighted by Gasteiger charge is 2.43. The van der Waals surface area contributed by atoms with E-state index in [1.54, 1.807) is 5.01 Å². The van der Waals surface area contributed by atoms with E-state index in [0.717, 1.165) is 37.2 Å². The third kappa shape index (κ3) is 3.59. The molecular weight excluding hydrogens is 386 g/mol. The van der Waals surface area contributed by atoms with Crippen molar-refractivity contribution in [1.82, 2.24) is 9.91 Å². The SMILES string of the molecule is O=C(CN1CCOCC1)N1N=C2c3ccccc3CC[C@H]2[C@@H]1c1ccc(Cl)cc1. The highest BCUT2D eigenvalue weighted by atomic mass is 35.5. The van der Waals surface area contributed by atoms with Crippen LogP contribution in [0.4, 0.5) is 0 Å². The first-order valence-electron chi connectivity index (χ1n) is 10.2. The molecule has 2 atom stereocenters. The van der Waals surface area contributed by atoms with Gasteiger partial charge >= 0.3 is 0 Å². The van der Waals surface area contributed by atoms with Gasteiger partial charge in [0.05, 0.1) is 31.5 Å². The van der Waals surface area contributed by atoms with Crippen molar-refractivity contribution >= 4 is 23.2 Å². The number of ether oxygens (including phenoxy) is 1. The lowest BCUT2D eigenvalue weighted by atomic mass is 9.77. The van der Waals surface area contributed by atoms with Crippen molar-refractivity contribution in [3.8, 4) is 0 Å². The topological polar surface area (TPSA) is 45.1 Å². The lowest BCUT2D eigenvalue weighted by molar-refractivity contribution is -0.135. The number of hydrogen-bond donors (Lipinski definition) is 0. The van der Waals surface area contributed by atoms with E-state index >= 15 is 0 Å². The molecule has 0 unspecified atom stereocenters. The Labute approximate surface area is 175 Å². The van der Waals surface area contributed by atoms with E-state index in [1.165, 1.54) is 11.1 Å². The molecule has 3 aliphatic rings. The van der Waals surface area contributed by atoms with Crippen LogP contribution in [0.2, 0.25) is 5.02 Å². The molecule has 0 radical (unpaired) electrons. The molecule has 1 amide bonds. The molecule has 6 heteroatoms. The molecule has 0 spiro atoms. The number of hydrogen-bond acceptors (Lipinski definition) is 4. The quantitative estimate of drug-likeness (QED) is 0.779. The van der Waals surface area contributed by atoms with E-state index in [9.17, 15) is 4.79 Å². The number of rotatable bonds is 3. The van der Waals surface area contributed by atoms with Gasteiger partial charge in [0.1, 0.15) is 0 Å². The molecule has 1 saturated heterocycles. The second-order valence-electron chi connectivity index (χ2n) is 7.91. The van der Waals surface area contributed by atoms with Crippen molar-refractivity contribution in [3.05, 3.63) is 70.2 Å². The minimum atomic E-state index is -0.0795. The fourth-order valence-corrected chi connectivity index (χ4v) is 4.81. The molecule has 2 aliphatic heterocycles. The Morgan fingerprint density at radius 2 is 1.86 bits per heavy atom. The Bertz CT molecular complexity index is 937. The molecule has 0 aromatic heterocycles. The number of carbonyl (C=O) groups is 1. The second kappa shape index (κ2) is 7.90. The van der Waals surface area contributed by atoms with Gasteiger partial charge in [-0.2, -0.15) is 5.10 Å². The first-order valence-corrected chi connectivity index (χ1v) is 10.6.